The van der Waals surface area contributed by atoms with Crippen LogP contribution >= 0.6 is 23.2 Å². The highest BCUT2D eigenvalue weighted by Gasteiger charge is 2.46. The lowest BCUT2D eigenvalue weighted by atomic mass is 9.62. The highest BCUT2D eigenvalue weighted by molar-refractivity contribution is 6.33. The number of carbonyl (C=O) groups excluding carboxylic acids is 2. The van der Waals surface area contributed by atoms with Gasteiger partial charge in [-0.1, -0.05) is 23.2 Å². The number of nitrogens with zero attached hydrogens (tertiary/aromatic N) is 3. The van der Waals surface area contributed by atoms with Gasteiger partial charge < -0.3 is 15.5 Å². The van der Waals surface area contributed by atoms with Crippen molar-refractivity contribution in [2.45, 2.75) is 51.4 Å². The summed E-state index contributed by atoms with van der Waals surface area (Å²) in [5.41, 5.74) is 8.86. The SMILES string of the molecule is Nc1ccc(N2CCC3(CC2)CC(=O)C3)c(Cl)c1.O=C1CC2(CCN(c3ccc([N+](=O)[O-])cc3Cl)CC2)C1. The number of benzene rings is 2. The number of nitrogen functional groups attached to an aromatic ring is 1. The predicted octanol–water partition coefficient (Wildman–Crippen LogP) is 6.07. The number of nitrogens with two attached hydrogens (primary N) is 1. The van der Waals surface area contributed by atoms with Crippen LogP contribution in [0.4, 0.5) is 22.7 Å². The van der Waals surface area contributed by atoms with Gasteiger partial charge in [0.2, 0.25) is 0 Å². The maximum atomic E-state index is 11.2. The average Bonchev–Trinajstić information content (AvgIpc) is 2.84. The number of anilines is 3. The van der Waals surface area contributed by atoms with Crippen LogP contribution in [0.2, 0.25) is 10.0 Å². The maximum Gasteiger partial charge on any atom is 0.271 e. The van der Waals surface area contributed by atoms with Crippen LogP contribution in [0.3, 0.4) is 0 Å². The quantitative estimate of drug-likeness (QED) is 0.276. The first-order valence-corrected chi connectivity index (χ1v) is 13.9. The Labute approximate surface area is 232 Å². The van der Waals surface area contributed by atoms with E-state index in [0.717, 1.165) is 93.9 Å². The molecule has 4 fully saturated rings. The molecule has 2 aliphatic carbocycles. The van der Waals surface area contributed by atoms with E-state index in [1.807, 2.05) is 12.1 Å². The van der Waals surface area contributed by atoms with Crippen LogP contribution < -0.4 is 15.5 Å². The number of ketones is 2. The molecule has 2 saturated carbocycles. The van der Waals surface area contributed by atoms with Crippen LogP contribution in [0, 0.1) is 20.9 Å². The summed E-state index contributed by atoms with van der Waals surface area (Å²) in [6.07, 6.45) is 7.19. The van der Waals surface area contributed by atoms with Crippen LogP contribution in [0.25, 0.3) is 0 Å². The molecule has 0 radical (unpaired) electrons. The van der Waals surface area contributed by atoms with Gasteiger partial charge in [-0.15, -0.1) is 0 Å². The lowest BCUT2D eigenvalue weighted by Gasteiger charge is -2.47. The summed E-state index contributed by atoms with van der Waals surface area (Å²) < 4.78 is 0. The number of hydrogen-bond acceptors (Lipinski definition) is 7. The molecule has 4 aliphatic rings. The van der Waals surface area contributed by atoms with Crippen LogP contribution in [-0.2, 0) is 9.59 Å². The van der Waals surface area contributed by atoms with Gasteiger partial charge in [0.25, 0.3) is 5.69 Å². The van der Waals surface area contributed by atoms with Crippen molar-refractivity contribution >= 4 is 57.5 Å². The van der Waals surface area contributed by atoms with Crippen molar-refractivity contribution in [1.29, 1.82) is 0 Å². The van der Waals surface area contributed by atoms with E-state index < -0.39 is 4.92 Å². The van der Waals surface area contributed by atoms with Gasteiger partial charge in [-0.3, -0.25) is 19.7 Å². The van der Waals surface area contributed by atoms with Crippen LogP contribution in [0.1, 0.15) is 51.4 Å². The molecule has 2 saturated heterocycles. The minimum absolute atomic E-state index is 0.0109. The van der Waals surface area contributed by atoms with Crippen molar-refractivity contribution in [2.75, 3.05) is 41.7 Å². The molecule has 2 aromatic rings. The maximum absolute atomic E-state index is 11.2. The molecule has 10 heteroatoms. The van der Waals surface area contributed by atoms with Gasteiger partial charge in [0.15, 0.2) is 0 Å². The summed E-state index contributed by atoms with van der Waals surface area (Å²) in [5.74, 6) is 0.792. The molecule has 2 spiro atoms. The predicted molar refractivity (Wildman–Crippen MR) is 150 cm³/mol. The Bertz CT molecular complexity index is 1250. The normalized spacial score (nSPS) is 21.4. The molecular formula is C28H32Cl2N4O4. The summed E-state index contributed by atoms with van der Waals surface area (Å²) in [6, 6.07) is 10.3. The molecule has 202 valence electrons. The highest BCUT2D eigenvalue weighted by Crippen LogP contribution is 2.49. The number of halogens is 2. The van der Waals surface area contributed by atoms with Crippen LogP contribution in [0.15, 0.2) is 36.4 Å². The number of Topliss-reactive ketones (excluding diaryl/α,β-unsaturated/α-hetero) is 2. The van der Waals surface area contributed by atoms with Gasteiger partial charge in [-0.2, -0.15) is 0 Å². The van der Waals surface area contributed by atoms with E-state index in [-0.39, 0.29) is 11.1 Å². The molecule has 0 unspecified atom stereocenters. The fraction of sp³-hybridized carbons (Fsp3) is 0.500. The molecular weight excluding hydrogens is 527 g/mol. The second-order valence-corrected chi connectivity index (χ2v) is 12.2. The molecule has 2 N–H and O–H groups in total. The van der Waals surface area contributed by atoms with Gasteiger partial charge in [-0.25, -0.2) is 0 Å². The molecule has 0 aromatic heterocycles. The third-order valence-corrected chi connectivity index (χ3v) is 9.34. The first kappa shape index (κ1) is 26.8. The van der Waals surface area contributed by atoms with Crippen molar-refractivity contribution in [3.63, 3.8) is 0 Å². The third kappa shape index (κ3) is 5.47. The number of rotatable bonds is 3. The highest BCUT2D eigenvalue weighted by atomic mass is 35.5. The van der Waals surface area contributed by atoms with E-state index in [1.54, 1.807) is 12.1 Å². The molecule has 0 bridgehead atoms. The van der Waals surface area contributed by atoms with Gasteiger partial charge in [0.05, 0.1) is 26.3 Å². The third-order valence-electron chi connectivity index (χ3n) is 8.73. The summed E-state index contributed by atoms with van der Waals surface area (Å²) in [7, 11) is 0. The van der Waals surface area contributed by atoms with E-state index >= 15 is 0 Å². The summed E-state index contributed by atoms with van der Waals surface area (Å²) in [6.45, 7) is 3.67. The smallest absolute Gasteiger partial charge is 0.271 e. The van der Waals surface area contributed by atoms with Gasteiger partial charge in [0.1, 0.15) is 11.6 Å². The zero-order valence-corrected chi connectivity index (χ0v) is 22.8. The van der Waals surface area contributed by atoms with Crippen molar-refractivity contribution in [2.24, 2.45) is 10.8 Å². The molecule has 6 rings (SSSR count). The zero-order valence-electron chi connectivity index (χ0n) is 21.3. The van der Waals surface area contributed by atoms with Gasteiger partial charge in [0, 0.05) is 69.7 Å². The lowest BCUT2D eigenvalue weighted by Crippen LogP contribution is -2.47. The molecule has 2 heterocycles. The topological polar surface area (TPSA) is 110 Å². The Hall–Kier alpha value is -2.84. The molecule has 38 heavy (non-hydrogen) atoms. The first-order valence-electron chi connectivity index (χ1n) is 13.1. The standard InChI is InChI=1S/C14H15ClN2O3.C14H17ClN2O/c15-12-7-10(17(19)20)1-2-13(12)16-5-3-14(4-6-16)8-11(18)9-14;15-12-7-10(16)1-2-13(12)17-5-3-14(4-6-17)8-11(18)9-14/h1-2,7H,3-6,8-9H2;1-2,7H,3-6,8-9,16H2. The number of non-ortho nitro benzene ring substituents is 1. The average molecular weight is 559 g/mol. The minimum Gasteiger partial charge on any atom is -0.399 e. The Morgan fingerprint density at radius 3 is 1.53 bits per heavy atom. The fourth-order valence-corrected chi connectivity index (χ4v) is 6.97. The number of nitro benzene ring substituents is 1. The van der Waals surface area contributed by atoms with E-state index in [2.05, 4.69) is 9.80 Å². The minimum atomic E-state index is -0.444. The van der Waals surface area contributed by atoms with E-state index in [4.69, 9.17) is 28.9 Å². The Balaban J connectivity index is 0.000000156. The number of hydrogen-bond donors (Lipinski definition) is 1. The first-order chi connectivity index (χ1) is 18.1. The van der Waals surface area contributed by atoms with Crippen molar-refractivity contribution in [3.05, 3.63) is 56.6 Å². The molecule has 0 amide bonds. The zero-order chi connectivity index (χ0) is 27.1. The molecule has 0 atom stereocenters. The summed E-state index contributed by atoms with van der Waals surface area (Å²) in [4.78, 5) is 37.1. The number of carbonyl (C=O) groups is 2. The Kier molecular flexibility index (Phi) is 7.31. The summed E-state index contributed by atoms with van der Waals surface area (Å²) >= 11 is 12.4. The van der Waals surface area contributed by atoms with Gasteiger partial charge >= 0.3 is 0 Å². The molecule has 8 nitrogen and oxygen atoms in total. The van der Waals surface area contributed by atoms with Crippen LogP contribution in [0.5, 0.6) is 0 Å². The lowest BCUT2D eigenvalue weighted by molar-refractivity contribution is -0.384. The molecule has 2 aromatic carbocycles. The Morgan fingerprint density at radius 1 is 0.737 bits per heavy atom. The van der Waals surface area contributed by atoms with Crippen molar-refractivity contribution in [1.82, 2.24) is 0 Å². The van der Waals surface area contributed by atoms with E-state index in [0.29, 0.717) is 27.7 Å². The second-order valence-electron chi connectivity index (χ2n) is 11.4. The molecule has 2 aliphatic heterocycles. The second kappa shape index (κ2) is 10.4. The van der Waals surface area contributed by atoms with Crippen molar-refractivity contribution in [3.8, 4) is 0 Å². The number of piperidine rings is 2. The fourth-order valence-electron chi connectivity index (χ4n) is 6.37. The monoisotopic (exact) mass is 558 g/mol. The largest absolute Gasteiger partial charge is 0.399 e. The Morgan fingerprint density at radius 2 is 1.16 bits per heavy atom. The number of nitro groups is 1. The van der Waals surface area contributed by atoms with E-state index in [9.17, 15) is 19.7 Å². The van der Waals surface area contributed by atoms with E-state index in [1.165, 1.54) is 12.1 Å². The van der Waals surface area contributed by atoms with Crippen LogP contribution in [-0.4, -0.2) is 42.7 Å². The van der Waals surface area contributed by atoms with Crippen molar-refractivity contribution < 1.29 is 14.5 Å². The van der Waals surface area contributed by atoms with Gasteiger partial charge in [-0.05, 0) is 60.8 Å². The summed E-state index contributed by atoms with van der Waals surface area (Å²) in [5, 5.41) is 11.8.